The molecule has 0 bridgehead atoms. The van der Waals surface area contributed by atoms with Crippen molar-refractivity contribution >= 4 is 11.9 Å². The fourth-order valence-electron chi connectivity index (χ4n) is 1.95. The Morgan fingerprint density at radius 2 is 1.57 bits per heavy atom. The van der Waals surface area contributed by atoms with E-state index in [-0.39, 0.29) is 6.10 Å². The van der Waals surface area contributed by atoms with Gasteiger partial charge in [0.25, 0.3) is 0 Å². The number of carbonyl (C=O) groups excluding carboxylic acids is 2. The Morgan fingerprint density at radius 1 is 0.913 bits per heavy atom. The van der Waals surface area contributed by atoms with Crippen LogP contribution < -0.4 is 0 Å². The van der Waals surface area contributed by atoms with Gasteiger partial charge >= 0.3 is 11.9 Å². The summed E-state index contributed by atoms with van der Waals surface area (Å²) in [5.74, 6) is -2.14. The maximum atomic E-state index is 12.1. The molecule has 0 fully saturated rings. The van der Waals surface area contributed by atoms with E-state index in [0.29, 0.717) is 26.2 Å². The summed E-state index contributed by atoms with van der Waals surface area (Å²) >= 11 is 0. The second-order valence-corrected chi connectivity index (χ2v) is 5.28. The highest BCUT2D eigenvalue weighted by molar-refractivity contribution is 5.94. The van der Waals surface area contributed by atoms with E-state index >= 15 is 0 Å². The Labute approximate surface area is 139 Å². The largest absolute Gasteiger partial charge is 0.462 e. The van der Waals surface area contributed by atoms with E-state index in [1.54, 1.807) is 0 Å². The Morgan fingerprint density at radius 3 is 2.09 bits per heavy atom. The highest BCUT2D eigenvalue weighted by Gasteiger charge is 2.28. The topological polar surface area (TPSA) is 71.1 Å². The molecule has 0 aromatic rings. The molecule has 0 aliphatic carbocycles. The molecule has 0 rings (SSSR count). The van der Waals surface area contributed by atoms with E-state index in [0.717, 1.165) is 19.3 Å². The van der Waals surface area contributed by atoms with Crippen molar-refractivity contribution in [3.63, 3.8) is 0 Å². The van der Waals surface area contributed by atoms with Gasteiger partial charge < -0.3 is 18.9 Å². The summed E-state index contributed by atoms with van der Waals surface area (Å²) in [6, 6.07) is 0. The van der Waals surface area contributed by atoms with Crippen LogP contribution in [0, 0.1) is 5.92 Å². The van der Waals surface area contributed by atoms with E-state index in [2.05, 4.69) is 0 Å². The summed E-state index contributed by atoms with van der Waals surface area (Å²) in [6.07, 6.45) is 2.03. The summed E-state index contributed by atoms with van der Waals surface area (Å²) in [5, 5.41) is 0. The Hall–Kier alpha value is -1.14. The normalized spacial score (nSPS) is 14.8. The number of ether oxygens (including phenoxy) is 4. The predicted molar refractivity (Wildman–Crippen MR) is 86.9 cm³/mol. The molecule has 0 saturated carbocycles. The molecule has 0 amide bonds. The van der Waals surface area contributed by atoms with E-state index in [4.69, 9.17) is 18.9 Å². The van der Waals surface area contributed by atoms with Crippen molar-refractivity contribution in [2.45, 2.75) is 72.7 Å². The van der Waals surface area contributed by atoms with Gasteiger partial charge in [-0.15, -0.1) is 0 Å². The van der Waals surface area contributed by atoms with Crippen LogP contribution in [-0.2, 0) is 28.5 Å². The molecule has 6 nitrogen and oxygen atoms in total. The van der Waals surface area contributed by atoms with Gasteiger partial charge in [-0.25, -0.2) is 0 Å². The fourth-order valence-corrected chi connectivity index (χ4v) is 1.95. The van der Waals surface area contributed by atoms with Crippen molar-refractivity contribution in [2.24, 2.45) is 5.92 Å². The molecule has 0 radical (unpaired) electrons. The summed E-state index contributed by atoms with van der Waals surface area (Å²) in [4.78, 5) is 24.1. The van der Waals surface area contributed by atoms with Crippen LogP contribution in [0.2, 0.25) is 0 Å². The van der Waals surface area contributed by atoms with Crippen molar-refractivity contribution < 1.29 is 28.5 Å². The minimum atomic E-state index is -0.962. The summed E-state index contributed by atoms with van der Waals surface area (Å²) < 4.78 is 21.2. The zero-order valence-electron chi connectivity index (χ0n) is 15.1. The van der Waals surface area contributed by atoms with Crippen LogP contribution in [-0.4, -0.2) is 44.2 Å². The van der Waals surface area contributed by atoms with Crippen molar-refractivity contribution in [3.05, 3.63) is 0 Å². The summed E-state index contributed by atoms with van der Waals surface area (Å²) in [7, 11) is 0. The van der Waals surface area contributed by atoms with Gasteiger partial charge in [0.1, 0.15) is 6.10 Å². The van der Waals surface area contributed by atoms with Gasteiger partial charge in [-0.2, -0.15) is 0 Å². The van der Waals surface area contributed by atoms with Crippen molar-refractivity contribution in [1.82, 2.24) is 0 Å². The quantitative estimate of drug-likeness (QED) is 0.223. The molecular weight excluding hydrogens is 300 g/mol. The van der Waals surface area contributed by atoms with Crippen LogP contribution in [0.4, 0.5) is 0 Å². The highest BCUT2D eigenvalue weighted by atomic mass is 16.7. The van der Waals surface area contributed by atoms with Crippen molar-refractivity contribution in [2.75, 3.05) is 19.8 Å². The third-order valence-corrected chi connectivity index (χ3v) is 3.36. The van der Waals surface area contributed by atoms with E-state index in [9.17, 15) is 9.59 Å². The highest BCUT2D eigenvalue weighted by Crippen LogP contribution is 2.13. The first kappa shape index (κ1) is 21.9. The number of carbonyl (C=O) groups is 2. The van der Waals surface area contributed by atoms with E-state index < -0.39 is 24.1 Å². The molecule has 0 aromatic carbocycles. The third-order valence-electron chi connectivity index (χ3n) is 3.36. The molecule has 136 valence electrons. The smallest absolute Gasteiger partial charge is 0.322 e. The molecule has 0 N–H and O–H groups in total. The van der Waals surface area contributed by atoms with Crippen molar-refractivity contribution in [1.29, 1.82) is 0 Å². The third kappa shape index (κ3) is 9.56. The van der Waals surface area contributed by atoms with Gasteiger partial charge in [-0.3, -0.25) is 9.59 Å². The molecule has 0 spiro atoms. The molecule has 23 heavy (non-hydrogen) atoms. The zero-order valence-corrected chi connectivity index (χ0v) is 15.1. The van der Waals surface area contributed by atoms with Crippen LogP contribution in [0.25, 0.3) is 0 Å². The Balaban J connectivity index is 4.44. The van der Waals surface area contributed by atoms with Gasteiger partial charge in [-0.05, 0) is 33.6 Å². The number of rotatable bonds is 13. The molecule has 0 heterocycles. The monoisotopic (exact) mass is 332 g/mol. The lowest BCUT2D eigenvalue weighted by Crippen LogP contribution is -2.32. The molecular formula is C17H32O6. The predicted octanol–water partition coefficient (Wildman–Crippen LogP) is 3.08. The SMILES string of the molecule is CCCC(CC)OC(=O)C(C)C(=O)OC(CCOCC)OCC. The van der Waals surface area contributed by atoms with Gasteiger partial charge in [-0.1, -0.05) is 20.3 Å². The Bertz CT molecular complexity index is 331. The lowest BCUT2D eigenvalue weighted by molar-refractivity contribution is -0.189. The first-order valence-corrected chi connectivity index (χ1v) is 8.60. The minimum absolute atomic E-state index is 0.150. The van der Waals surface area contributed by atoms with Gasteiger partial charge in [0.15, 0.2) is 5.92 Å². The second kappa shape index (κ2) is 13.3. The number of hydrogen-bond acceptors (Lipinski definition) is 6. The minimum Gasteiger partial charge on any atom is -0.462 e. The van der Waals surface area contributed by atoms with Gasteiger partial charge in [0.05, 0.1) is 6.61 Å². The first-order valence-electron chi connectivity index (χ1n) is 8.60. The lowest BCUT2D eigenvalue weighted by Gasteiger charge is -2.21. The molecule has 3 unspecified atom stereocenters. The van der Waals surface area contributed by atoms with Crippen LogP contribution >= 0.6 is 0 Å². The molecule has 0 aliphatic heterocycles. The lowest BCUT2D eigenvalue weighted by atomic mass is 10.1. The van der Waals surface area contributed by atoms with E-state index in [1.807, 2.05) is 27.7 Å². The van der Waals surface area contributed by atoms with Crippen LogP contribution in [0.3, 0.4) is 0 Å². The van der Waals surface area contributed by atoms with Gasteiger partial charge in [0, 0.05) is 19.6 Å². The summed E-state index contributed by atoms with van der Waals surface area (Å²) in [6.45, 7) is 10.6. The molecule has 0 aromatic heterocycles. The maximum Gasteiger partial charge on any atom is 0.322 e. The van der Waals surface area contributed by atoms with Crippen LogP contribution in [0.1, 0.15) is 60.3 Å². The maximum absolute atomic E-state index is 12.1. The van der Waals surface area contributed by atoms with Gasteiger partial charge in [0.2, 0.25) is 6.29 Å². The average Bonchev–Trinajstić information content (AvgIpc) is 2.53. The number of esters is 2. The molecule has 0 saturated heterocycles. The van der Waals surface area contributed by atoms with Crippen LogP contribution in [0.15, 0.2) is 0 Å². The first-order chi connectivity index (χ1) is 11.0. The average molecular weight is 332 g/mol. The summed E-state index contributed by atoms with van der Waals surface area (Å²) in [5.41, 5.74) is 0. The van der Waals surface area contributed by atoms with Crippen molar-refractivity contribution in [3.8, 4) is 0 Å². The second-order valence-electron chi connectivity index (χ2n) is 5.28. The van der Waals surface area contributed by atoms with E-state index in [1.165, 1.54) is 6.92 Å². The Kier molecular flexibility index (Phi) is 12.7. The fraction of sp³-hybridized carbons (Fsp3) is 0.882. The van der Waals surface area contributed by atoms with Crippen LogP contribution in [0.5, 0.6) is 0 Å². The number of hydrogen-bond donors (Lipinski definition) is 0. The molecule has 3 atom stereocenters. The zero-order chi connectivity index (χ0) is 17.7. The molecule has 0 aliphatic rings. The standard InChI is InChI=1S/C17H32O6/c1-6-10-14(7-2)22-16(18)13(5)17(19)23-15(21-9-4)11-12-20-8-3/h13-15H,6-12H2,1-5H3. The molecule has 6 heteroatoms.